The van der Waals surface area contributed by atoms with Crippen molar-refractivity contribution < 1.29 is 13.9 Å². The molecule has 0 spiro atoms. The summed E-state index contributed by atoms with van der Waals surface area (Å²) in [6, 6.07) is 25.3. The molecule has 5 aromatic rings. The van der Waals surface area contributed by atoms with Gasteiger partial charge in [-0.1, -0.05) is 48.5 Å². The molecule has 5 rings (SSSR count). The van der Waals surface area contributed by atoms with Crippen molar-refractivity contribution >= 4 is 17.2 Å². The van der Waals surface area contributed by atoms with Crippen molar-refractivity contribution in [2.45, 2.75) is 20.0 Å². The summed E-state index contributed by atoms with van der Waals surface area (Å²) in [5, 5.41) is 6.71. The second-order valence-corrected chi connectivity index (χ2v) is 9.21. The molecule has 0 aliphatic rings. The maximum absolute atomic E-state index is 13.5. The molecule has 0 saturated heterocycles. The first-order valence-corrected chi connectivity index (χ1v) is 12.2. The van der Waals surface area contributed by atoms with Crippen LogP contribution in [0.4, 0.5) is 0 Å². The number of carbonyl (C=O) groups excluding carboxylic acids is 1. The highest BCUT2D eigenvalue weighted by Gasteiger charge is 2.26. The van der Waals surface area contributed by atoms with E-state index in [0.717, 1.165) is 28.1 Å². The molecule has 0 radical (unpaired) electrons. The molecule has 0 aliphatic heterocycles. The quantitative estimate of drug-likeness (QED) is 0.247. The third-order valence-corrected chi connectivity index (χ3v) is 6.49. The fraction of sp³-hybridized carbons (Fsp3) is 0.143. The average molecular weight is 484 g/mol. The summed E-state index contributed by atoms with van der Waals surface area (Å²) in [6.07, 6.45) is 1.62. The number of rotatable bonds is 8. The molecule has 0 saturated carbocycles. The summed E-state index contributed by atoms with van der Waals surface area (Å²) in [5.74, 6) is 1.95. The van der Waals surface area contributed by atoms with Crippen LogP contribution in [0.3, 0.4) is 0 Å². The molecular formula is C28H25N3O3S. The summed E-state index contributed by atoms with van der Waals surface area (Å²) in [5.41, 5.74) is 3.66. The Morgan fingerprint density at radius 1 is 1.03 bits per heavy atom. The lowest BCUT2D eigenvalue weighted by atomic mass is 10.1. The van der Waals surface area contributed by atoms with Gasteiger partial charge in [-0.15, -0.1) is 11.3 Å². The number of hydrogen-bond acceptors (Lipinski definition) is 5. The zero-order chi connectivity index (χ0) is 24.2. The molecule has 3 aromatic heterocycles. The zero-order valence-corrected chi connectivity index (χ0v) is 20.4. The van der Waals surface area contributed by atoms with Crippen molar-refractivity contribution in [1.29, 1.82) is 0 Å². The number of benzene rings is 2. The van der Waals surface area contributed by atoms with Gasteiger partial charge in [-0.05, 0) is 48.2 Å². The van der Waals surface area contributed by atoms with E-state index in [-0.39, 0.29) is 5.91 Å². The minimum absolute atomic E-state index is 0.0687. The van der Waals surface area contributed by atoms with Crippen LogP contribution in [0.25, 0.3) is 11.3 Å². The van der Waals surface area contributed by atoms with Crippen molar-refractivity contribution in [1.82, 2.24) is 14.7 Å². The van der Waals surface area contributed by atoms with Crippen molar-refractivity contribution in [3.05, 3.63) is 112 Å². The van der Waals surface area contributed by atoms with Gasteiger partial charge in [0.05, 0.1) is 29.8 Å². The number of nitrogens with zero attached hydrogens (tertiary/aromatic N) is 3. The van der Waals surface area contributed by atoms with Gasteiger partial charge in [0.1, 0.15) is 17.2 Å². The number of hydrogen-bond donors (Lipinski definition) is 0. The number of furan rings is 1. The Hall–Kier alpha value is -4.10. The highest BCUT2D eigenvalue weighted by Crippen LogP contribution is 2.35. The fourth-order valence-corrected chi connectivity index (χ4v) is 4.67. The molecule has 6 nitrogen and oxygen atoms in total. The van der Waals surface area contributed by atoms with E-state index in [2.05, 4.69) is 0 Å². The summed E-state index contributed by atoms with van der Waals surface area (Å²) < 4.78 is 13.7. The maximum atomic E-state index is 13.5. The smallest absolute Gasteiger partial charge is 0.264 e. The van der Waals surface area contributed by atoms with Crippen LogP contribution in [-0.4, -0.2) is 20.6 Å². The fourth-order valence-electron chi connectivity index (χ4n) is 3.98. The van der Waals surface area contributed by atoms with Gasteiger partial charge in [0.25, 0.3) is 5.91 Å². The van der Waals surface area contributed by atoms with Crippen molar-refractivity contribution in [2.75, 3.05) is 0 Å². The zero-order valence-electron chi connectivity index (χ0n) is 19.5. The highest BCUT2D eigenvalue weighted by atomic mass is 32.1. The third-order valence-electron chi connectivity index (χ3n) is 5.63. The summed E-state index contributed by atoms with van der Waals surface area (Å²) in [6.45, 7) is 2.66. The molecule has 0 fully saturated rings. The van der Waals surface area contributed by atoms with E-state index >= 15 is 0 Å². The molecule has 0 bridgehead atoms. The molecule has 0 unspecified atom stereocenters. The Labute approximate surface area is 208 Å². The standard InChI is InChI=1S/C28H25N3O3S/c1-20-9-6-12-22(17-20)34-28-24(26(29-30(28)2)21-10-4-3-5-11-21)19-31(18-23-13-7-15-33-23)27(32)25-14-8-16-35-25/h3-17H,18-19H2,1-2H3. The molecule has 35 heavy (non-hydrogen) atoms. The largest absolute Gasteiger partial charge is 0.467 e. The number of carbonyl (C=O) groups is 1. The molecule has 0 N–H and O–H groups in total. The van der Waals surface area contributed by atoms with Crippen LogP contribution >= 0.6 is 11.3 Å². The molecule has 7 heteroatoms. The van der Waals surface area contributed by atoms with Crippen LogP contribution in [0.2, 0.25) is 0 Å². The monoisotopic (exact) mass is 483 g/mol. The van der Waals surface area contributed by atoms with Crippen LogP contribution in [0.15, 0.2) is 94.9 Å². The van der Waals surface area contributed by atoms with Gasteiger partial charge >= 0.3 is 0 Å². The SMILES string of the molecule is Cc1cccc(Oc2c(CN(Cc3ccco3)C(=O)c3cccs3)c(-c3ccccc3)nn2C)c1. The first-order chi connectivity index (χ1) is 17.1. The van der Waals surface area contributed by atoms with Gasteiger partial charge in [0.15, 0.2) is 0 Å². The second kappa shape index (κ2) is 10.0. The number of aryl methyl sites for hydroxylation is 2. The summed E-state index contributed by atoms with van der Waals surface area (Å²) in [7, 11) is 1.86. The minimum atomic E-state index is -0.0687. The van der Waals surface area contributed by atoms with Gasteiger partial charge in [-0.2, -0.15) is 5.10 Å². The Morgan fingerprint density at radius 3 is 2.60 bits per heavy atom. The molecule has 0 aliphatic carbocycles. The number of aromatic nitrogens is 2. The Morgan fingerprint density at radius 2 is 1.89 bits per heavy atom. The van der Waals surface area contributed by atoms with Crippen LogP contribution < -0.4 is 4.74 Å². The van der Waals surface area contributed by atoms with E-state index in [9.17, 15) is 4.79 Å². The first kappa shape index (κ1) is 22.7. The number of amides is 1. The maximum Gasteiger partial charge on any atom is 0.264 e. The summed E-state index contributed by atoms with van der Waals surface area (Å²) >= 11 is 1.42. The number of ether oxygens (including phenoxy) is 1. The van der Waals surface area contributed by atoms with E-state index in [1.807, 2.05) is 98.2 Å². The Bertz CT molecular complexity index is 1410. The Balaban J connectivity index is 1.58. The van der Waals surface area contributed by atoms with Crippen LogP contribution in [-0.2, 0) is 20.1 Å². The van der Waals surface area contributed by atoms with E-state index < -0.39 is 0 Å². The molecule has 176 valence electrons. The van der Waals surface area contributed by atoms with E-state index in [1.165, 1.54) is 11.3 Å². The Kier molecular flexibility index (Phi) is 6.50. The van der Waals surface area contributed by atoms with Crippen molar-refractivity contribution in [3.63, 3.8) is 0 Å². The predicted octanol–water partition coefficient (Wildman–Crippen LogP) is 6.68. The van der Waals surface area contributed by atoms with Crippen LogP contribution in [0.5, 0.6) is 11.6 Å². The van der Waals surface area contributed by atoms with E-state index in [0.29, 0.717) is 29.6 Å². The van der Waals surface area contributed by atoms with Gasteiger partial charge < -0.3 is 14.1 Å². The van der Waals surface area contributed by atoms with Gasteiger partial charge in [0, 0.05) is 12.6 Å². The molecular weight excluding hydrogens is 458 g/mol. The van der Waals surface area contributed by atoms with Crippen molar-refractivity contribution in [3.8, 4) is 22.9 Å². The van der Waals surface area contributed by atoms with Crippen LogP contribution in [0.1, 0.15) is 26.6 Å². The predicted molar refractivity (Wildman–Crippen MR) is 137 cm³/mol. The van der Waals surface area contributed by atoms with Crippen LogP contribution in [0, 0.1) is 6.92 Å². The highest BCUT2D eigenvalue weighted by molar-refractivity contribution is 7.12. The van der Waals surface area contributed by atoms with Gasteiger partial charge in [-0.3, -0.25) is 4.79 Å². The second-order valence-electron chi connectivity index (χ2n) is 8.26. The van der Waals surface area contributed by atoms with Gasteiger partial charge in [0.2, 0.25) is 5.88 Å². The van der Waals surface area contributed by atoms with Gasteiger partial charge in [-0.25, -0.2) is 4.68 Å². The lowest BCUT2D eigenvalue weighted by Crippen LogP contribution is -2.29. The topological polar surface area (TPSA) is 60.5 Å². The third kappa shape index (κ3) is 5.05. The average Bonchev–Trinajstić information content (AvgIpc) is 3.63. The lowest BCUT2D eigenvalue weighted by molar-refractivity contribution is 0.0722. The molecule has 3 heterocycles. The molecule has 0 atom stereocenters. The summed E-state index contributed by atoms with van der Waals surface area (Å²) in [4.78, 5) is 16.0. The van der Waals surface area contributed by atoms with E-state index in [4.69, 9.17) is 14.3 Å². The molecule has 2 aromatic carbocycles. The normalized spacial score (nSPS) is 10.9. The molecule has 1 amide bonds. The van der Waals surface area contributed by atoms with Crippen molar-refractivity contribution in [2.24, 2.45) is 7.05 Å². The number of thiophene rings is 1. The minimum Gasteiger partial charge on any atom is -0.467 e. The lowest BCUT2D eigenvalue weighted by Gasteiger charge is -2.22. The first-order valence-electron chi connectivity index (χ1n) is 11.3. The van der Waals surface area contributed by atoms with E-state index in [1.54, 1.807) is 15.8 Å².